The van der Waals surface area contributed by atoms with Gasteiger partial charge in [-0.3, -0.25) is 0 Å². The second-order valence-corrected chi connectivity index (χ2v) is 5.86. The van der Waals surface area contributed by atoms with Crippen LogP contribution in [-0.2, 0) is 15.0 Å². The van der Waals surface area contributed by atoms with Gasteiger partial charge in [-0.25, -0.2) is 0 Å². The van der Waals surface area contributed by atoms with E-state index >= 15 is 0 Å². The molecule has 0 radical (unpaired) electrons. The number of nitrogens with zero attached hydrogens (tertiary/aromatic N) is 1. The maximum Gasteiger partial charge on any atom is 0.0704 e. The van der Waals surface area contributed by atoms with Gasteiger partial charge in [0.25, 0.3) is 0 Å². The normalized spacial score (nSPS) is 17.2. The molecule has 0 bridgehead atoms. The number of rotatable bonds is 5. The Balaban J connectivity index is 2.97. The summed E-state index contributed by atoms with van der Waals surface area (Å²) in [5.41, 5.74) is 0.307. The van der Waals surface area contributed by atoms with Gasteiger partial charge in [0.1, 0.15) is 0 Å². The zero-order chi connectivity index (χ0) is 18.1. The molecule has 5 heteroatoms. The molecular formula is C19H21NO4-2. The molecule has 1 aromatic carbocycles. The van der Waals surface area contributed by atoms with E-state index in [0.29, 0.717) is 23.5 Å². The van der Waals surface area contributed by atoms with Crippen LogP contribution in [0.25, 0.3) is 0 Å². The van der Waals surface area contributed by atoms with E-state index in [-0.39, 0.29) is 17.6 Å². The third-order valence-corrected chi connectivity index (χ3v) is 4.91. The van der Waals surface area contributed by atoms with Gasteiger partial charge in [-0.2, -0.15) is 0 Å². The first-order valence-corrected chi connectivity index (χ1v) is 8.01. The van der Waals surface area contributed by atoms with E-state index in [1.807, 2.05) is 6.92 Å². The predicted molar refractivity (Wildman–Crippen MR) is 86.2 cm³/mol. The van der Waals surface area contributed by atoms with Crippen LogP contribution in [0.2, 0.25) is 0 Å². The van der Waals surface area contributed by atoms with Gasteiger partial charge in [0.05, 0.1) is 17.4 Å². The largest absolute Gasteiger partial charge is 0.545 e. The van der Waals surface area contributed by atoms with E-state index in [1.165, 1.54) is 0 Å². The minimum absolute atomic E-state index is 0.0112. The van der Waals surface area contributed by atoms with Gasteiger partial charge < -0.3 is 24.7 Å². The highest BCUT2D eigenvalue weighted by Crippen LogP contribution is 2.48. The molecular weight excluding hydrogens is 306 g/mol. The van der Waals surface area contributed by atoms with Crippen molar-refractivity contribution in [2.75, 3.05) is 6.54 Å². The van der Waals surface area contributed by atoms with Crippen molar-refractivity contribution in [3.05, 3.63) is 58.4 Å². The Morgan fingerprint density at radius 3 is 1.75 bits per heavy atom. The number of carbonyl (C=O) groups excluding carboxylic acids is 2. The second-order valence-electron chi connectivity index (χ2n) is 5.86. The van der Waals surface area contributed by atoms with Crippen LogP contribution in [0.4, 0.5) is 0 Å². The Hall–Kier alpha value is -2.56. The van der Waals surface area contributed by atoms with Gasteiger partial charge in [0.15, 0.2) is 0 Å². The van der Waals surface area contributed by atoms with Crippen molar-refractivity contribution in [3.8, 4) is 0 Å². The Bertz CT molecular complexity index is 693. The fourth-order valence-corrected chi connectivity index (χ4v) is 3.95. The molecule has 0 N–H and O–H groups in total. The Morgan fingerprint density at radius 1 is 0.958 bits per heavy atom. The zero-order valence-corrected chi connectivity index (χ0v) is 14.4. The molecule has 1 heterocycles. The molecule has 5 nitrogen and oxygen atoms in total. The number of allylic oxidation sites excluding steroid dienone is 2. The Morgan fingerprint density at radius 2 is 1.42 bits per heavy atom. The number of hydrogen-bond donors (Lipinski definition) is 0. The number of carboxylic acid groups (broad SMARTS) is 2. The summed E-state index contributed by atoms with van der Waals surface area (Å²) in [6, 6.07) is 8.83. The van der Waals surface area contributed by atoms with E-state index in [4.69, 9.17) is 0 Å². The van der Waals surface area contributed by atoms with Crippen molar-refractivity contribution in [1.82, 2.24) is 4.90 Å². The summed E-state index contributed by atoms with van der Waals surface area (Å²) in [6.45, 7) is 7.46. The van der Waals surface area contributed by atoms with E-state index in [1.54, 1.807) is 56.0 Å². The first-order chi connectivity index (χ1) is 11.3. The molecule has 128 valence electrons. The van der Waals surface area contributed by atoms with Crippen molar-refractivity contribution >= 4 is 11.9 Å². The summed E-state index contributed by atoms with van der Waals surface area (Å²) in [7, 11) is 0. The topological polar surface area (TPSA) is 83.5 Å². The molecule has 1 aromatic rings. The average molecular weight is 327 g/mol. The molecule has 0 fully saturated rings. The zero-order valence-electron chi connectivity index (χ0n) is 14.4. The molecule has 0 aromatic heterocycles. The lowest BCUT2D eigenvalue weighted by molar-refractivity contribution is -0.301. The molecule has 1 aliphatic rings. The Labute approximate surface area is 141 Å². The summed E-state index contributed by atoms with van der Waals surface area (Å²) >= 11 is 0. The number of benzene rings is 1. The van der Waals surface area contributed by atoms with Crippen molar-refractivity contribution in [2.24, 2.45) is 0 Å². The van der Waals surface area contributed by atoms with E-state index in [2.05, 4.69) is 0 Å². The molecule has 0 spiro atoms. The average Bonchev–Trinajstić information content (AvgIpc) is 2.54. The summed E-state index contributed by atoms with van der Waals surface area (Å²) in [6.07, 6.45) is 0.274. The van der Waals surface area contributed by atoms with Crippen molar-refractivity contribution in [2.45, 2.75) is 39.5 Å². The summed E-state index contributed by atoms with van der Waals surface area (Å²) in [5, 5.41) is 24.0. The monoisotopic (exact) mass is 327 g/mol. The highest BCUT2D eigenvalue weighted by molar-refractivity contribution is 5.99. The number of carbonyl (C=O) groups is 2. The van der Waals surface area contributed by atoms with Gasteiger partial charge in [-0.1, -0.05) is 37.3 Å². The molecule has 0 atom stereocenters. The number of hydrogen-bond acceptors (Lipinski definition) is 5. The summed E-state index contributed by atoms with van der Waals surface area (Å²) in [4.78, 5) is 25.7. The smallest absolute Gasteiger partial charge is 0.0704 e. The third kappa shape index (κ3) is 2.40. The lowest BCUT2D eigenvalue weighted by Crippen LogP contribution is -2.50. The summed E-state index contributed by atoms with van der Waals surface area (Å²) < 4.78 is 0. The van der Waals surface area contributed by atoms with E-state index in [9.17, 15) is 19.8 Å². The predicted octanol–water partition coefficient (Wildman–Crippen LogP) is 0.718. The number of carboxylic acids is 2. The highest BCUT2D eigenvalue weighted by Gasteiger charge is 2.45. The summed E-state index contributed by atoms with van der Waals surface area (Å²) in [5.74, 6) is -2.72. The molecule has 0 amide bonds. The molecule has 0 saturated heterocycles. The first kappa shape index (κ1) is 17.8. The van der Waals surface area contributed by atoms with Crippen molar-refractivity contribution < 1.29 is 19.8 Å². The van der Waals surface area contributed by atoms with Crippen LogP contribution in [0.3, 0.4) is 0 Å². The molecule has 0 unspecified atom stereocenters. The standard InChI is InChI=1S/C19H23NO4/c1-5-19(14-10-8-7-9-11-14)15(17(21)22)12(3)20(6-2)13(4)16(19)18(23)24/h7-11H,5-6H2,1-4H3,(H,21,22)(H,23,24)/p-2. The molecule has 2 rings (SSSR count). The van der Waals surface area contributed by atoms with Crippen LogP contribution < -0.4 is 10.2 Å². The van der Waals surface area contributed by atoms with Gasteiger partial charge in [-0.05, 0) is 32.8 Å². The van der Waals surface area contributed by atoms with Gasteiger partial charge in [0, 0.05) is 29.1 Å². The lowest BCUT2D eigenvalue weighted by Gasteiger charge is -2.48. The minimum atomic E-state index is -1.36. The van der Waals surface area contributed by atoms with Gasteiger partial charge in [-0.15, -0.1) is 0 Å². The van der Waals surface area contributed by atoms with Crippen LogP contribution in [-0.4, -0.2) is 23.4 Å². The fraction of sp³-hybridized carbons (Fsp3) is 0.368. The van der Waals surface area contributed by atoms with E-state index < -0.39 is 17.4 Å². The fourth-order valence-electron chi connectivity index (χ4n) is 3.95. The van der Waals surface area contributed by atoms with Crippen molar-refractivity contribution in [3.63, 3.8) is 0 Å². The van der Waals surface area contributed by atoms with Crippen LogP contribution in [0.1, 0.15) is 39.7 Å². The maximum absolute atomic E-state index is 12.0. The SMILES string of the molecule is CCN1C(C)=C(C(=O)[O-])C(CC)(c2ccccc2)C(C(=O)[O-])=C1C. The quantitative estimate of drug-likeness (QED) is 0.795. The molecule has 1 aliphatic heterocycles. The van der Waals surface area contributed by atoms with E-state index in [0.717, 1.165) is 0 Å². The Kier molecular flexibility index (Phi) is 4.83. The minimum Gasteiger partial charge on any atom is -0.545 e. The molecule has 0 aliphatic carbocycles. The maximum atomic E-state index is 12.0. The third-order valence-electron chi connectivity index (χ3n) is 4.91. The van der Waals surface area contributed by atoms with Crippen molar-refractivity contribution in [1.29, 1.82) is 0 Å². The highest BCUT2D eigenvalue weighted by atomic mass is 16.4. The first-order valence-electron chi connectivity index (χ1n) is 8.01. The number of aliphatic carboxylic acids is 2. The van der Waals surface area contributed by atoms with Crippen LogP contribution in [0.15, 0.2) is 52.9 Å². The second kappa shape index (κ2) is 6.51. The van der Waals surface area contributed by atoms with Crippen LogP contribution in [0.5, 0.6) is 0 Å². The molecule has 0 saturated carbocycles. The van der Waals surface area contributed by atoms with Gasteiger partial charge in [0.2, 0.25) is 0 Å². The van der Waals surface area contributed by atoms with Gasteiger partial charge >= 0.3 is 0 Å². The molecule has 24 heavy (non-hydrogen) atoms. The lowest BCUT2D eigenvalue weighted by atomic mass is 9.64. The van der Waals surface area contributed by atoms with Crippen LogP contribution >= 0.6 is 0 Å². The van der Waals surface area contributed by atoms with Crippen LogP contribution in [0, 0.1) is 0 Å².